The second-order valence-electron chi connectivity index (χ2n) is 7.09. The molecule has 0 fully saturated rings. The van der Waals surface area contributed by atoms with Crippen LogP contribution in [-0.2, 0) is 4.79 Å². The quantitative estimate of drug-likeness (QED) is 0.468. The van der Waals surface area contributed by atoms with Gasteiger partial charge in [0.25, 0.3) is 0 Å². The van der Waals surface area contributed by atoms with Crippen molar-refractivity contribution in [2.45, 2.75) is 17.3 Å². The Hall–Kier alpha value is -3.79. The third kappa shape index (κ3) is 3.80. The van der Waals surface area contributed by atoms with Gasteiger partial charge in [-0.15, -0.1) is 10.2 Å². The summed E-state index contributed by atoms with van der Waals surface area (Å²) in [7, 11) is 0. The van der Waals surface area contributed by atoms with E-state index in [-0.39, 0.29) is 17.1 Å². The molecule has 1 aliphatic heterocycles. The molecule has 0 bridgehead atoms. The largest absolute Gasteiger partial charge is 0.486 e. The van der Waals surface area contributed by atoms with E-state index in [0.717, 1.165) is 5.69 Å². The van der Waals surface area contributed by atoms with Gasteiger partial charge in [0.15, 0.2) is 16.7 Å². The first-order valence-electron chi connectivity index (χ1n) is 9.99. The molecule has 1 amide bonds. The van der Waals surface area contributed by atoms with Crippen LogP contribution < -0.4 is 20.3 Å². The molecule has 1 unspecified atom stereocenters. The number of nitrogens with zero attached hydrogens (tertiary/aromatic N) is 4. The van der Waals surface area contributed by atoms with Gasteiger partial charge < -0.3 is 14.8 Å². The van der Waals surface area contributed by atoms with Crippen LogP contribution in [-0.4, -0.2) is 43.5 Å². The van der Waals surface area contributed by atoms with Gasteiger partial charge in [-0.05, 0) is 31.2 Å². The average molecular weight is 449 g/mol. The van der Waals surface area contributed by atoms with E-state index in [9.17, 15) is 9.59 Å². The number of benzene rings is 2. The maximum absolute atomic E-state index is 12.8. The van der Waals surface area contributed by atoms with Gasteiger partial charge in [0.1, 0.15) is 13.2 Å². The van der Waals surface area contributed by atoms with E-state index in [1.165, 1.54) is 16.3 Å². The average Bonchev–Trinajstić information content (AvgIpc) is 3.23. The van der Waals surface area contributed by atoms with Crippen LogP contribution in [0.2, 0.25) is 0 Å². The molecule has 1 aliphatic rings. The standard InChI is InChI=1S/C22H19N5O4S/c1-14(20(28)23-15-7-8-17-18(13-15)31-12-11-30-17)32-22-25-24-19-21(29)26(9-10-27(19)22)16-5-3-2-4-6-16/h2-10,13-14H,11-12H2,1H3,(H,23,28). The van der Waals surface area contributed by atoms with Crippen molar-refractivity contribution in [1.29, 1.82) is 0 Å². The van der Waals surface area contributed by atoms with Crippen molar-refractivity contribution >= 4 is 29.0 Å². The minimum absolute atomic E-state index is 0.193. The Morgan fingerprint density at radius 1 is 1.06 bits per heavy atom. The van der Waals surface area contributed by atoms with E-state index >= 15 is 0 Å². The number of amides is 1. The highest BCUT2D eigenvalue weighted by Crippen LogP contribution is 2.33. The van der Waals surface area contributed by atoms with Crippen LogP contribution in [0.15, 0.2) is 70.9 Å². The van der Waals surface area contributed by atoms with Crippen molar-refractivity contribution in [1.82, 2.24) is 19.2 Å². The zero-order chi connectivity index (χ0) is 22.1. The lowest BCUT2D eigenvalue weighted by molar-refractivity contribution is -0.115. The summed E-state index contributed by atoms with van der Waals surface area (Å²) >= 11 is 1.22. The highest BCUT2D eigenvalue weighted by atomic mass is 32.2. The molecule has 9 nitrogen and oxygen atoms in total. The Morgan fingerprint density at radius 3 is 2.66 bits per heavy atom. The minimum Gasteiger partial charge on any atom is -0.486 e. The van der Waals surface area contributed by atoms with Gasteiger partial charge in [0, 0.05) is 29.8 Å². The molecular formula is C22H19N5O4S. The molecule has 2 aromatic carbocycles. The number of rotatable bonds is 5. The van der Waals surface area contributed by atoms with Crippen LogP contribution >= 0.6 is 11.8 Å². The van der Waals surface area contributed by atoms with Crippen LogP contribution in [0.25, 0.3) is 11.3 Å². The molecule has 32 heavy (non-hydrogen) atoms. The van der Waals surface area contributed by atoms with Crippen molar-refractivity contribution in [3.63, 3.8) is 0 Å². The summed E-state index contributed by atoms with van der Waals surface area (Å²) in [5.41, 5.74) is 1.26. The maximum Gasteiger partial charge on any atom is 0.300 e. The van der Waals surface area contributed by atoms with Crippen LogP contribution in [0.3, 0.4) is 0 Å². The van der Waals surface area contributed by atoms with Crippen LogP contribution in [0.5, 0.6) is 11.5 Å². The van der Waals surface area contributed by atoms with Gasteiger partial charge >= 0.3 is 5.56 Å². The third-order valence-corrected chi connectivity index (χ3v) is 5.99. The Balaban J connectivity index is 1.33. The molecule has 0 aliphatic carbocycles. The van der Waals surface area contributed by atoms with E-state index in [2.05, 4.69) is 15.5 Å². The fourth-order valence-corrected chi connectivity index (χ4v) is 4.15. The summed E-state index contributed by atoms with van der Waals surface area (Å²) in [5, 5.41) is 11.0. The predicted octanol–water partition coefficient (Wildman–Crippen LogP) is 2.77. The number of ether oxygens (including phenoxy) is 2. The van der Waals surface area contributed by atoms with Gasteiger partial charge in [0.05, 0.1) is 5.25 Å². The lowest BCUT2D eigenvalue weighted by Crippen LogP contribution is -2.23. The van der Waals surface area contributed by atoms with Crippen molar-refractivity contribution in [2.75, 3.05) is 18.5 Å². The molecule has 10 heteroatoms. The molecule has 5 rings (SSSR count). The predicted molar refractivity (Wildman–Crippen MR) is 120 cm³/mol. The Labute approximate surface area is 187 Å². The normalized spacial score (nSPS) is 13.7. The van der Waals surface area contributed by atoms with E-state index < -0.39 is 5.25 Å². The lowest BCUT2D eigenvalue weighted by atomic mass is 10.2. The zero-order valence-electron chi connectivity index (χ0n) is 17.1. The van der Waals surface area contributed by atoms with Gasteiger partial charge in [-0.1, -0.05) is 30.0 Å². The Bertz CT molecular complexity index is 1350. The number of anilines is 1. The topological polar surface area (TPSA) is 99.8 Å². The smallest absolute Gasteiger partial charge is 0.300 e. The van der Waals surface area contributed by atoms with Crippen molar-refractivity contribution < 1.29 is 14.3 Å². The third-order valence-electron chi connectivity index (χ3n) is 4.93. The number of fused-ring (bicyclic) bond motifs is 2. The number of carbonyl (C=O) groups excluding carboxylic acids is 1. The van der Waals surface area contributed by atoms with E-state index in [1.54, 1.807) is 41.9 Å². The number of nitrogens with one attached hydrogen (secondary N) is 1. The molecule has 2 aromatic heterocycles. The molecule has 0 saturated carbocycles. The minimum atomic E-state index is -0.479. The zero-order valence-corrected chi connectivity index (χ0v) is 17.9. The first-order chi connectivity index (χ1) is 15.6. The molecule has 162 valence electrons. The molecule has 0 spiro atoms. The van der Waals surface area contributed by atoms with E-state index in [0.29, 0.717) is 35.6 Å². The van der Waals surface area contributed by atoms with Gasteiger partial charge in [-0.25, -0.2) is 0 Å². The fourth-order valence-electron chi connectivity index (χ4n) is 3.31. The summed E-state index contributed by atoms with van der Waals surface area (Å²) in [6.07, 6.45) is 3.38. The summed E-state index contributed by atoms with van der Waals surface area (Å²) < 4.78 is 14.2. The lowest BCUT2D eigenvalue weighted by Gasteiger charge is -2.19. The van der Waals surface area contributed by atoms with Crippen molar-refractivity contribution in [3.05, 3.63) is 71.3 Å². The van der Waals surface area contributed by atoms with Gasteiger partial charge in [-0.3, -0.25) is 18.6 Å². The van der Waals surface area contributed by atoms with E-state index in [4.69, 9.17) is 9.47 Å². The first-order valence-corrected chi connectivity index (χ1v) is 10.9. The first kappa shape index (κ1) is 20.1. The maximum atomic E-state index is 12.8. The highest BCUT2D eigenvalue weighted by molar-refractivity contribution is 8.00. The Morgan fingerprint density at radius 2 is 1.84 bits per heavy atom. The summed E-state index contributed by atoms with van der Waals surface area (Å²) in [6, 6.07) is 14.6. The SMILES string of the molecule is CC(Sc1nnc2c(=O)n(-c3ccccc3)ccn12)C(=O)Nc1ccc2c(c1)OCCO2. The number of hydrogen-bond acceptors (Lipinski definition) is 7. The Kier molecular flexibility index (Phi) is 5.28. The molecule has 0 saturated heterocycles. The van der Waals surface area contributed by atoms with Crippen LogP contribution in [0.1, 0.15) is 6.92 Å². The number of carbonyl (C=O) groups is 1. The van der Waals surface area contributed by atoms with Crippen molar-refractivity contribution in [2.24, 2.45) is 0 Å². The number of thioether (sulfide) groups is 1. The molecular weight excluding hydrogens is 430 g/mol. The number of aromatic nitrogens is 4. The second kappa shape index (κ2) is 8.39. The van der Waals surface area contributed by atoms with Crippen molar-refractivity contribution in [3.8, 4) is 17.2 Å². The summed E-state index contributed by atoms with van der Waals surface area (Å²) in [5.74, 6) is 1.06. The summed E-state index contributed by atoms with van der Waals surface area (Å²) in [4.78, 5) is 25.6. The monoisotopic (exact) mass is 449 g/mol. The number of hydrogen-bond donors (Lipinski definition) is 1. The molecule has 1 atom stereocenters. The van der Waals surface area contributed by atoms with Gasteiger partial charge in [-0.2, -0.15) is 0 Å². The van der Waals surface area contributed by atoms with E-state index in [1.807, 2.05) is 30.3 Å². The summed E-state index contributed by atoms with van der Waals surface area (Å²) in [6.45, 7) is 2.75. The molecule has 4 aromatic rings. The molecule has 1 N–H and O–H groups in total. The second-order valence-corrected chi connectivity index (χ2v) is 8.40. The molecule has 3 heterocycles. The highest BCUT2D eigenvalue weighted by Gasteiger charge is 2.20. The van der Waals surface area contributed by atoms with Crippen LogP contribution in [0, 0.1) is 0 Å². The van der Waals surface area contributed by atoms with Crippen LogP contribution in [0.4, 0.5) is 5.69 Å². The van der Waals surface area contributed by atoms with Gasteiger partial charge in [0.2, 0.25) is 11.6 Å². The number of para-hydroxylation sites is 1. The molecule has 0 radical (unpaired) electrons. The fraction of sp³-hybridized carbons (Fsp3) is 0.182.